The van der Waals surface area contributed by atoms with Crippen LogP contribution in [0.5, 0.6) is 0 Å². The van der Waals surface area contributed by atoms with Crippen molar-refractivity contribution in [1.82, 2.24) is 24.9 Å². The summed E-state index contributed by atoms with van der Waals surface area (Å²) in [4.78, 5) is 19.0. The van der Waals surface area contributed by atoms with Crippen LogP contribution in [0.4, 0.5) is 0 Å². The minimum Gasteiger partial charge on any atom is -0.337 e. The Morgan fingerprint density at radius 1 is 1.21 bits per heavy atom. The highest BCUT2D eigenvalue weighted by Crippen LogP contribution is 2.24. The van der Waals surface area contributed by atoms with E-state index in [0.717, 1.165) is 48.1 Å². The van der Waals surface area contributed by atoms with Crippen molar-refractivity contribution in [2.45, 2.75) is 32.7 Å². The number of amides is 1. The van der Waals surface area contributed by atoms with Gasteiger partial charge in [-0.15, -0.1) is 29.9 Å². The van der Waals surface area contributed by atoms with E-state index in [1.807, 2.05) is 49.2 Å². The molecule has 156 valence electrons. The zero-order valence-corrected chi connectivity index (χ0v) is 18.1. The molecule has 1 aliphatic rings. The molecule has 0 bridgehead atoms. The Labute approximate surface area is 182 Å². The van der Waals surface area contributed by atoms with E-state index in [1.165, 1.54) is 0 Å². The molecule has 1 atom stereocenters. The molecule has 1 unspecified atom stereocenters. The molecule has 0 aliphatic carbocycles. The lowest BCUT2D eigenvalue weighted by atomic mass is 9.91. The minimum absolute atomic E-state index is 0. The van der Waals surface area contributed by atoms with Crippen LogP contribution in [0.1, 0.15) is 35.9 Å². The molecule has 3 aromatic rings. The highest BCUT2D eigenvalue weighted by Gasteiger charge is 2.28. The number of nitrogens with zero attached hydrogens (tertiary/aromatic N) is 5. The highest BCUT2D eigenvalue weighted by atomic mass is 35.5. The van der Waals surface area contributed by atoms with Gasteiger partial charge >= 0.3 is 0 Å². The van der Waals surface area contributed by atoms with Gasteiger partial charge in [0.05, 0.1) is 11.4 Å². The molecule has 1 aromatic carbocycles. The van der Waals surface area contributed by atoms with Crippen LogP contribution >= 0.6 is 24.8 Å². The van der Waals surface area contributed by atoms with Gasteiger partial charge in [-0.25, -0.2) is 4.68 Å². The number of nitrogens with two attached hydrogens (primary N) is 1. The van der Waals surface area contributed by atoms with Gasteiger partial charge in [0.15, 0.2) is 5.69 Å². The fraction of sp³-hybridized carbons (Fsp3) is 0.400. The first kappa shape index (κ1) is 23.1. The van der Waals surface area contributed by atoms with Crippen LogP contribution in [-0.2, 0) is 0 Å². The molecule has 1 fully saturated rings. The van der Waals surface area contributed by atoms with Gasteiger partial charge in [-0.1, -0.05) is 17.3 Å². The van der Waals surface area contributed by atoms with Crippen LogP contribution in [0.15, 0.2) is 36.7 Å². The number of benzene rings is 1. The lowest BCUT2D eigenvalue weighted by Gasteiger charge is -2.33. The third-order valence-electron chi connectivity index (χ3n) is 5.55. The Morgan fingerprint density at radius 3 is 2.62 bits per heavy atom. The smallest absolute Gasteiger partial charge is 0.276 e. The molecular formula is C20H26Cl2N6O. The van der Waals surface area contributed by atoms with Crippen molar-refractivity contribution in [3.63, 3.8) is 0 Å². The predicted octanol–water partition coefficient (Wildman–Crippen LogP) is 3.17. The second-order valence-corrected chi connectivity index (χ2v) is 7.30. The maximum Gasteiger partial charge on any atom is 0.276 e. The summed E-state index contributed by atoms with van der Waals surface area (Å²) in [5.74, 6) is 0.430. The number of pyridine rings is 1. The van der Waals surface area contributed by atoms with Gasteiger partial charge in [-0.05, 0) is 44.7 Å². The van der Waals surface area contributed by atoms with Crippen LogP contribution in [0, 0.1) is 12.8 Å². The second-order valence-electron chi connectivity index (χ2n) is 7.30. The first-order valence-corrected chi connectivity index (χ1v) is 9.36. The van der Waals surface area contributed by atoms with Gasteiger partial charge in [0.2, 0.25) is 0 Å². The Hall–Kier alpha value is -2.22. The standard InChI is InChI=1S/C20H24N6O.2ClH/c1-13(21)15-7-10-25(11-8-15)20(27)19-14(2)26(24-23-19)18-5-3-4-16-12-22-9-6-17(16)18;;/h3-6,9,12-13,15H,7-8,10-11,21H2,1-2H3;2*1H. The van der Waals surface area contributed by atoms with E-state index >= 15 is 0 Å². The molecule has 7 nitrogen and oxygen atoms in total. The molecule has 4 rings (SSSR count). The summed E-state index contributed by atoms with van der Waals surface area (Å²) < 4.78 is 1.74. The Kier molecular flexibility index (Phi) is 7.57. The van der Waals surface area contributed by atoms with E-state index in [-0.39, 0.29) is 36.8 Å². The van der Waals surface area contributed by atoms with E-state index in [1.54, 1.807) is 10.9 Å². The van der Waals surface area contributed by atoms with Gasteiger partial charge in [0, 0.05) is 42.3 Å². The summed E-state index contributed by atoms with van der Waals surface area (Å²) in [6.45, 7) is 5.37. The van der Waals surface area contributed by atoms with Crippen molar-refractivity contribution in [3.8, 4) is 5.69 Å². The predicted molar refractivity (Wildman–Crippen MR) is 118 cm³/mol. The lowest BCUT2D eigenvalue weighted by molar-refractivity contribution is 0.0674. The maximum atomic E-state index is 13.0. The van der Waals surface area contributed by atoms with Crippen LogP contribution in [0.3, 0.4) is 0 Å². The van der Waals surface area contributed by atoms with Gasteiger partial charge in [0.1, 0.15) is 0 Å². The van der Waals surface area contributed by atoms with Crippen LogP contribution in [0.25, 0.3) is 16.5 Å². The fourth-order valence-corrected chi connectivity index (χ4v) is 3.82. The van der Waals surface area contributed by atoms with Gasteiger partial charge in [0.25, 0.3) is 5.91 Å². The Morgan fingerprint density at radius 2 is 1.93 bits per heavy atom. The first-order valence-electron chi connectivity index (χ1n) is 9.36. The minimum atomic E-state index is -0.0521. The molecule has 0 saturated carbocycles. The normalized spacial score (nSPS) is 15.5. The topological polar surface area (TPSA) is 89.9 Å². The molecule has 0 radical (unpaired) electrons. The van der Waals surface area contributed by atoms with Crippen LogP contribution < -0.4 is 5.73 Å². The lowest BCUT2D eigenvalue weighted by Crippen LogP contribution is -2.42. The third kappa shape index (κ3) is 4.37. The molecule has 29 heavy (non-hydrogen) atoms. The highest BCUT2D eigenvalue weighted by molar-refractivity contribution is 5.94. The number of rotatable bonds is 3. The molecule has 0 spiro atoms. The first-order chi connectivity index (χ1) is 13.1. The van der Waals surface area contributed by atoms with Crippen molar-refractivity contribution >= 4 is 41.5 Å². The zero-order valence-electron chi connectivity index (χ0n) is 16.5. The van der Waals surface area contributed by atoms with E-state index in [9.17, 15) is 4.79 Å². The van der Waals surface area contributed by atoms with Crippen molar-refractivity contribution < 1.29 is 4.79 Å². The number of hydrogen-bond donors (Lipinski definition) is 1. The van der Waals surface area contributed by atoms with Gasteiger partial charge < -0.3 is 10.6 Å². The number of carbonyl (C=O) groups excluding carboxylic acids is 1. The fourth-order valence-electron chi connectivity index (χ4n) is 3.82. The molecular weight excluding hydrogens is 411 g/mol. The SMILES string of the molecule is Cc1c(C(=O)N2CCC(C(C)N)CC2)nnn1-c1cccc2cnccc12.Cl.Cl. The Bertz CT molecular complexity index is 977. The molecule has 1 saturated heterocycles. The van der Waals surface area contributed by atoms with Crippen LogP contribution in [-0.4, -0.2) is 49.9 Å². The zero-order chi connectivity index (χ0) is 19.0. The maximum absolute atomic E-state index is 13.0. The van der Waals surface area contributed by atoms with Crippen molar-refractivity contribution in [3.05, 3.63) is 48.0 Å². The summed E-state index contributed by atoms with van der Waals surface area (Å²) in [6.07, 6.45) is 5.45. The number of likely N-dealkylation sites (tertiary alicyclic amines) is 1. The molecule has 1 amide bonds. The van der Waals surface area contributed by atoms with Crippen molar-refractivity contribution in [1.29, 1.82) is 0 Å². The van der Waals surface area contributed by atoms with Gasteiger partial charge in [-0.3, -0.25) is 9.78 Å². The molecule has 1 aliphatic heterocycles. The number of aromatic nitrogens is 4. The summed E-state index contributed by atoms with van der Waals surface area (Å²) in [7, 11) is 0. The summed E-state index contributed by atoms with van der Waals surface area (Å²) in [5, 5.41) is 10.5. The van der Waals surface area contributed by atoms with Gasteiger partial charge in [-0.2, -0.15) is 0 Å². The summed E-state index contributed by atoms with van der Waals surface area (Å²) >= 11 is 0. The average molecular weight is 437 g/mol. The van der Waals surface area contributed by atoms with E-state index < -0.39 is 0 Å². The summed E-state index contributed by atoms with van der Waals surface area (Å²) in [5.41, 5.74) is 8.07. The van der Waals surface area contributed by atoms with Crippen molar-refractivity contribution in [2.24, 2.45) is 11.7 Å². The Balaban J connectivity index is 0.00000150. The molecule has 2 aromatic heterocycles. The number of piperidine rings is 1. The van der Waals surface area contributed by atoms with E-state index in [2.05, 4.69) is 15.3 Å². The number of halogens is 2. The van der Waals surface area contributed by atoms with E-state index in [4.69, 9.17) is 5.73 Å². The second kappa shape index (κ2) is 9.52. The number of carbonyl (C=O) groups is 1. The average Bonchev–Trinajstić information content (AvgIpc) is 3.08. The molecule has 9 heteroatoms. The quantitative estimate of drug-likeness (QED) is 0.680. The largest absolute Gasteiger partial charge is 0.337 e. The molecule has 3 heterocycles. The number of fused-ring (bicyclic) bond motifs is 1. The molecule has 2 N–H and O–H groups in total. The third-order valence-corrected chi connectivity index (χ3v) is 5.55. The summed E-state index contributed by atoms with van der Waals surface area (Å²) in [6, 6.07) is 8.07. The number of hydrogen-bond acceptors (Lipinski definition) is 5. The van der Waals surface area contributed by atoms with E-state index in [0.29, 0.717) is 11.6 Å². The van der Waals surface area contributed by atoms with Crippen molar-refractivity contribution in [2.75, 3.05) is 13.1 Å². The van der Waals surface area contributed by atoms with Crippen LogP contribution in [0.2, 0.25) is 0 Å². The monoisotopic (exact) mass is 436 g/mol.